The standard InChI is InChI=1S/C17H17N3O/c1-11-4-6-12(7-5-11)13-8-14-16(15(9-13)21-3)19-10-20-17(14)18-2/h4-10H,1-3H3,(H,18,19,20). The van der Waals surface area contributed by atoms with Crippen LogP contribution >= 0.6 is 0 Å². The molecule has 0 saturated carbocycles. The Morgan fingerprint density at radius 3 is 2.43 bits per heavy atom. The monoisotopic (exact) mass is 279 g/mol. The van der Waals surface area contributed by atoms with E-state index in [1.54, 1.807) is 13.4 Å². The molecule has 0 aliphatic carbocycles. The molecule has 0 saturated heterocycles. The van der Waals surface area contributed by atoms with Gasteiger partial charge in [-0.15, -0.1) is 0 Å². The number of nitrogens with zero attached hydrogens (tertiary/aromatic N) is 2. The first-order valence-corrected chi connectivity index (χ1v) is 6.80. The summed E-state index contributed by atoms with van der Waals surface area (Å²) >= 11 is 0. The van der Waals surface area contributed by atoms with Crippen LogP contribution in [0, 0.1) is 6.92 Å². The summed E-state index contributed by atoms with van der Waals surface area (Å²) in [6.45, 7) is 2.08. The summed E-state index contributed by atoms with van der Waals surface area (Å²) in [5, 5.41) is 4.06. The molecule has 1 aromatic heterocycles. The third-order valence-electron chi connectivity index (χ3n) is 3.55. The Hall–Kier alpha value is -2.62. The topological polar surface area (TPSA) is 47.0 Å². The maximum absolute atomic E-state index is 5.49. The molecule has 3 aromatic rings. The van der Waals surface area contributed by atoms with E-state index in [4.69, 9.17) is 4.74 Å². The van der Waals surface area contributed by atoms with Crippen molar-refractivity contribution in [2.24, 2.45) is 0 Å². The average molecular weight is 279 g/mol. The molecule has 2 aromatic carbocycles. The van der Waals surface area contributed by atoms with E-state index >= 15 is 0 Å². The maximum atomic E-state index is 5.49. The molecule has 0 atom stereocenters. The third-order valence-corrected chi connectivity index (χ3v) is 3.55. The van der Waals surface area contributed by atoms with Gasteiger partial charge in [0, 0.05) is 12.4 Å². The zero-order chi connectivity index (χ0) is 14.8. The first kappa shape index (κ1) is 13.4. The largest absolute Gasteiger partial charge is 0.494 e. The van der Waals surface area contributed by atoms with Crippen molar-refractivity contribution in [2.75, 3.05) is 19.5 Å². The molecular formula is C17H17N3O. The SMILES string of the molecule is CNc1ncnc2c(OC)cc(-c3ccc(C)cc3)cc12. The Labute approximate surface area is 123 Å². The number of aryl methyl sites for hydroxylation is 1. The Bertz CT molecular complexity index is 782. The summed E-state index contributed by atoms with van der Waals surface area (Å²) in [6.07, 6.45) is 1.54. The average Bonchev–Trinajstić information content (AvgIpc) is 2.53. The van der Waals surface area contributed by atoms with Crippen molar-refractivity contribution in [1.82, 2.24) is 9.97 Å². The quantitative estimate of drug-likeness (QED) is 0.795. The van der Waals surface area contributed by atoms with Crippen LogP contribution in [0.3, 0.4) is 0 Å². The fourth-order valence-corrected chi connectivity index (χ4v) is 2.40. The third kappa shape index (κ3) is 2.40. The van der Waals surface area contributed by atoms with E-state index < -0.39 is 0 Å². The summed E-state index contributed by atoms with van der Waals surface area (Å²) in [4.78, 5) is 8.61. The van der Waals surface area contributed by atoms with Crippen molar-refractivity contribution >= 4 is 16.7 Å². The summed E-state index contributed by atoms with van der Waals surface area (Å²) in [6, 6.07) is 12.5. The molecule has 106 valence electrons. The van der Waals surface area contributed by atoms with Gasteiger partial charge in [0.15, 0.2) is 0 Å². The number of anilines is 1. The predicted molar refractivity (Wildman–Crippen MR) is 85.8 cm³/mol. The van der Waals surface area contributed by atoms with E-state index in [1.165, 1.54) is 5.56 Å². The molecule has 1 heterocycles. The number of rotatable bonds is 3. The van der Waals surface area contributed by atoms with Crippen molar-refractivity contribution in [3.05, 3.63) is 48.3 Å². The van der Waals surface area contributed by atoms with Gasteiger partial charge in [-0.2, -0.15) is 0 Å². The summed E-state index contributed by atoms with van der Waals surface area (Å²) in [5.74, 6) is 1.55. The van der Waals surface area contributed by atoms with Crippen molar-refractivity contribution in [2.45, 2.75) is 6.92 Å². The highest BCUT2D eigenvalue weighted by molar-refractivity contribution is 5.96. The van der Waals surface area contributed by atoms with Gasteiger partial charge in [0.25, 0.3) is 0 Å². The number of ether oxygens (including phenoxy) is 1. The van der Waals surface area contributed by atoms with Crippen LogP contribution in [0.5, 0.6) is 5.75 Å². The van der Waals surface area contributed by atoms with E-state index in [1.807, 2.05) is 13.1 Å². The molecule has 4 heteroatoms. The van der Waals surface area contributed by atoms with Gasteiger partial charge in [0.1, 0.15) is 23.4 Å². The lowest BCUT2D eigenvalue weighted by atomic mass is 10.0. The summed E-state index contributed by atoms with van der Waals surface area (Å²) in [5.41, 5.74) is 4.29. The molecule has 0 fully saturated rings. The molecule has 0 radical (unpaired) electrons. The molecule has 0 aliphatic rings. The van der Waals surface area contributed by atoms with Crippen LogP contribution < -0.4 is 10.1 Å². The molecule has 0 aliphatic heterocycles. The Kier molecular flexibility index (Phi) is 3.44. The van der Waals surface area contributed by atoms with E-state index in [2.05, 4.69) is 52.5 Å². The predicted octanol–water partition coefficient (Wildman–Crippen LogP) is 3.66. The van der Waals surface area contributed by atoms with Gasteiger partial charge >= 0.3 is 0 Å². The number of fused-ring (bicyclic) bond motifs is 1. The molecule has 0 spiro atoms. The van der Waals surface area contributed by atoms with Gasteiger partial charge in [0.05, 0.1) is 7.11 Å². The van der Waals surface area contributed by atoms with Gasteiger partial charge < -0.3 is 10.1 Å². The second-order valence-corrected chi connectivity index (χ2v) is 4.91. The van der Waals surface area contributed by atoms with Crippen LogP contribution in [-0.4, -0.2) is 24.1 Å². The van der Waals surface area contributed by atoms with Crippen LogP contribution in [0.25, 0.3) is 22.0 Å². The van der Waals surface area contributed by atoms with E-state index in [0.717, 1.165) is 33.6 Å². The number of hydrogen-bond acceptors (Lipinski definition) is 4. The molecular weight excluding hydrogens is 262 g/mol. The van der Waals surface area contributed by atoms with Gasteiger partial charge in [0.2, 0.25) is 0 Å². The van der Waals surface area contributed by atoms with E-state index in [-0.39, 0.29) is 0 Å². The zero-order valence-corrected chi connectivity index (χ0v) is 12.3. The van der Waals surface area contributed by atoms with E-state index in [0.29, 0.717) is 0 Å². The highest BCUT2D eigenvalue weighted by Gasteiger charge is 2.11. The lowest BCUT2D eigenvalue weighted by Gasteiger charge is -2.11. The first-order valence-electron chi connectivity index (χ1n) is 6.80. The number of methoxy groups -OCH3 is 1. The van der Waals surface area contributed by atoms with Crippen molar-refractivity contribution in [3.8, 4) is 16.9 Å². The smallest absolute Gasteiger partial charge is 0.145 e. The van der Waals surface area contributed by atoms with E-state index in [9.17, 15) is 0 Å². The van der Waals surface area contributed by atoms with Gasteiger partial charge in [-0.25, -0.2) is 9.97 Å². The molecule has 0 amide bonds. The minimum Gasteiger partial charge on any atom is -0.494 e. The van der Waals surface area contributed by atoms with Crippen molar-refractivity contribution in [1.29, 1.82) is 0 Å². The van der Waals surface area contributed by atoms with Gasteiger partial charge in [-0.1, -0.05) is 29.8 Å². The minimum atomic E-state index is 0.752. The second kappa shape index (κ2) is 5.40. The van der Waals surface area contributed by atoms with Crippen LogP contribution in [-0.2, 0) is 0 Å². The van der Waals surface area contributed by atoms with Gasteiger partial charge in [-0.3, -0.25) is 0 Å². The molecule has 21 heavy (non-hydrogen) atoms. The zero-order valence-electron chi connectivity index (χ0n) is 12.3. The molecule has 1 N–H and O–H groups in total. The lowest BCUT2D eigenvalue weighted by Crippen LogP contribution is -1.97. The highest BCUT2D eigenvalue weighted by atomic mass is 16.5. The fourth-order valence-electron chi connectivity index (χ4n) is 2.40. The number of benzene rings is 2. The number of nitrogens with one attached hydrogen (secondary N) is 1. The number of aromatic nitrogens is 2. The fraction of sp³-hybridized carbons (Fsp3) is 0.176. The highest BCUT2D eigenvalue weighted by Crippen LogP contribution is 2.33. The second-order valence-electron chi connectivity index (χ2n) is 4.91. The molecule has 3 rings (SSSR count). The minimum absolute atomic E-state index is 0.752. The van der Waals surface area contributed by atoms with Crippen LogP contribution in [0.15, 0.2) is 42.7 Å². The molecule has 0 bridgehead atoms. The Balaban J connectivity index is 2.27. The van der Waals surface area contributed by atoms with Crippen molar-refractivity contribution in [3.63, 3.8) is 0 Å². The molecule has 0 unspecified atom stereocenters. The normalized spacial score (nSPS) is 10.6. The number of hydrogen-bond donors (Lipinski definition) is 1. The van der Waals surface area contributed by atoms with Crippen LogP contribution in [0.1, 0.15) is 5.56 Å². The maximum Gasteiger partial charge on any atom is 0.145 e. The lowest BCUT2D eigenvalue weighted by molar-refractivity contribution is 0.419. The van der Waals surface area contributed by atoms with Crippen molar-refractivity contribution < 1.29 is 4.74 Å². The van der Waals surface area contributed by atoms with Crippen LogP contribution in [0.4, 0.5) is 5.82 Å². The Morgan fingerprint density at radius 2 is 1.76 bits per heavy atom. The Morgan fingerprint density at radius 1 is 1.00 bits per heavy atom. The first-order chi connectivity index (χ1) is 10.2. The summed E-state index contributed by atoms with van der Waals surface area (Å²) < 4.78 is 5.49. The van der Waals surface area contributed by atoms with Gasteiger partial charge in [-0.05, 0) is 30.2 Å². The van der Waals surface area contributed by atoms with Crippen LogP contribution in [0.2, 0.25) is 0 Å². The summed E-state index contributed by atoms with van der Waals surface area (Å²) in [7, 11) is 3.52. The molecule has 4 nitrogen and oxygen atoms in total.